The van der Waals surface area contributed by atoms with Gasteiger partial charge in [0.15, 0.2) is 0 Å². The molecule has 0 aromatic carbocycles. The van der Waals surface area contributed by atoms with Crippen LogP contribution in [0.1, 0.15) is 19.8 Å². The van der Waals surface area contributed by atoms with Crippen molar-refractivity contribution in [1.82, 2.24) is 9.80 Å². The average molecular weight is 188 g/mol. The first kappa shape index (κ1) is 12.9. The third-order valence-electron chi connectivity index (χ3n) is 2.19. The van der Waals surface area contributed by atoms with Crippen LogP contribution in [0.25, 0.3) is 0 Å². The molecule has 0 unspecified atom stereocenters. The molecule has 0 atom stereocenters. The summed E-state index contributed by atoms with van der Waals surface area (Å²) in [6, 6.07) is 0. The third-order valence-corrected chi connectivity index (χ3v) is 2.19. The summed E-state index contributed by atoms with van der Waals surface area (Å²) in [7, 11) is 4.20. The molecule has 0 fully saturated rings. The van der Waals surface area contributed by atoms with Crippen molar-refractivity contribution >= 4 is 0 Å². The summed E-state index contributed by atoms with van der Waals surface area (Å²) in [5, 5.41) is 8.76. The van der Waals surface area contributed by atoms with E-state index in [1.165, 1.54) is 12.8 Å². The third kappa shape index (κ3) is 8.22. The zero-order chi connectivity index (χ0) is 10.1. The highest BCUT2D eigenvalue weighted by Gasteiger charge is 2.00. The van der Waals surface area contributed by atoms with Gasteiger partial charge in [0.1, 0.15) is 0 Å². The molecule has 0 radical (unpaired) electrons. The molecule has 3 heteroatoms. The van der Waals surface area contributed by atoms with Crippen LogP contribution in [0.5, 0.6) is 0 Å². The van der Waals surface area contributed by atoms with Crippen molar-refractivity contribution in [3.63, 3.8) is 0 Å². The normalized spacial score (nSPS) is 11.5. The van der Waals surface area contributed by atoms with E-state index in [1.54, 1.807) is 0 Å². The molecule has 0 spiro atoms. The molecule has 0 rings (SSSR count). The fourth-order valence-corrected chi connectivity index (χ4v) is 1.33. The summed E-state index contributed by atoms with van der Waals surface area (Å²) < 4.78 is 0. The maximum absolute atomic E-state index is 8.76. The first-order chi connectivity index (χ1) is 6.20. The predicted molar refractivity (Wildman–Crippen MR) is 57.0 cm³/mol. The molecule has 0 aromatic rings. The van der Waals surface area contributed by atoms with E-state index in [1.807, 2.05) is 0 Å². The molecular formula is C10H24N2O. The number of hydrogen-bond donors (Lipinski definition) is 1. The van der Waals surface area contributed by atoms with Gasteiger partial charge in [-0.3, -0.25) is 0 Å². The highest BCUT2D eigenvalue weighted by molar-refractivity contribution is 4.55. The van der Waals surface area contributed by atoms with Gasteiger partial charge >= 0.3 is 0 Å². The Bertz CT molecular complexity index is 107. The Labute approximate surface area is 82.3 Å². The van der Waals surface area contributed by atoms with Gasteiger partial charge in [0.05, 0.1) is 6.61 Å². The van der Waals surface area contributed by atoms with Gasteiger partial charge in [-0.1, -0.05) is 6.92 Å². The van der Waals surface area contributed by atoms with Crippen LogP contribution in [0.4, 0.5) is 0 Å². The van der Waals surface area contributed by atoms with Crippen molar-refractivity contribution in [2.24, 2.45) is 0 Å². The van der Waals surface area contributed by atoms with Crippen LogP contribution in [0, 0.1) is 0 Å². The second kappa shape index (κ2) is 8.48. The fraction of sp³-hybridized carbons (Fsp3) is 1.00. The van der Waals surface area contributed by atoms with Crippen LogP contribution in [-0.4, -0.2) is 61.8 Å². The van der Waals surface area contributed by atoms with Crippen LogP contribution in [0.2, 0.25) is 0 Å². The van der Waals surface area contributed by atoms with Crippen molar-refractivity contribution in [2.75, 3.05) is 46.9 Å². The Morgan fingerprint density at radius 2 is 1.62 bits per heavy atom. The minimum absolute atomic E-state index is 0.279. The summed E-state index contributed by atoms with van der Waals surface area (Å²) in [6.07, 6.45) is 2.47. The van der Waals surface area contributed by atoms with Crippen molar-refractivity contribution in [3.8, 4) is 0 Å². The van der Waals surface area contributed by atoms with Crippen LogP contribution >= 0.6 is 0 Å². The van der Waals surface area contributed by atoms with Gasteiger partial charge in [-0.15, -0.1) is 0 Å². The smallest absolute Gasteiger partial charge is 0.0558 e. The van der Waals surface area contributed by atoms with Crippen molar-refractivity contribution in [3.05, 3.63) is 0 Å². The van der Waals surface area contributed by atoms with Crippen LogP contribution in [0.15, 0.2) is 0 Å². The maximum Gasteiger partial charge on any atom is 0.0558 e. The van der Waals surface area contributed by atoms with Crippen LogP contribution < -0.4 is 0 Å². The minimum atomic E-state index is 0.279. The zero-order valence-electron chi connectivity index (χ0n) is 9.29. The topological polar surface area (TPSA) is 26.7 Å². The standard InChI is InChI=1S/C10H24N2O/c1-4-12(9-10-13)8-6-5-7-11(2)3/h13H,4-10H2,1-3H3. The van der Waals surface area contributed by atoms with Crippen molar-refractivity contribution < 1.29 is 5.11 Å². The Hall–Kier alpha value is -0.120. The predicted octanol–water partition coefficient (Wildman–Crippen LogP) is 0.642. The molecule has 0 saturated heterocycles. The lowest BCUT2D eigenvalue weighted by atomic mass is 10.3. The molecule has 3 nitrogen and oxygen atoms in total. The lowest BCUT2D eigenvalue weighted by Crippen LogP contribution is -2.28. The van der Waals surface area contributed by atoms with Gasteiger partial charge < -0.3 is 14.9 Å². The van der Waals surface area contributed by atoms with Gasteiger partial charge in [-0.25, -0.2) is 0 Å². The molecule has 13 heavy (non-hydrogen) atoms. The summed E-state index contributed by atoms with van der Waals surface area (Å²) in [5.74, 6) is 0. The van der Waals surface area contributed by atoms with E-state index in [0.29, 0.717) is 0 Å². The minimum Gasteiger partial charge on any atom is -0.395 e. The second-order valence-electron chi connectivity index (χ2n) is 3.67. The molecular weight excluding hydrogens is 164 g/mol. The number of likely N-dealkylation sites (N-methyl/N-ethyl adjacent to an activating group) is 1. The number of aliphatic hydroxyl groups excluding tert-OH is 1. The van der Waals surface area contributed by atoms with Crippen molar-refractivity contribution in [2.45, 2.75) is 19.8 Å². The first-order valence-corrected chi connectivity index (χ1v) is 5.18. The van der Waals surface area contributed by atoms with Crippen molar-refractivity contribution in [1.29, 1.82) is 0 Å². The Balaban J connectivity index is 3.27. The highest BCUT2D eigenvalue weighted by atomic mass is 16.3. The van der Waals surface area contributed by atoms with E-state index in [9.17, 15) is 0 Å². The molecule has 0 heterocycles. The SMILES string of the molecule is CCN(CCO)CCCCN(C)C. The van der Waals surface area contributed by atoms with E-state index in [0.717, 1.165) is 26.2 Å². The summed E-state index contributed by atoms with van der Waals surface area (Å²) >= 11 is 0. The highest BCUT2D eigenvalue weighted by Crippen LogP contribution is 1.95. The number of nitrogens with zero attached hydrogens (tertiary/aromatic N) is 2. The van der Waals surface area contributed by atoms with Crippen LogP contribution in [-0.2, 0) is 0 Å². The first-order valence-electron chi connectivity index (χ1n) is 5.18. The average Bonchev–Trinajstić information content (AvgIpc) is 2.10. The zero-order valence-corrected chi connectivity index (χ0v) is 9.29. The van der Waals surface area contributed by atoms with Crippen LogP contribution in [0.3, 0.4) is 0 Å². The fourth-order valence-electron chi connectivity index (χ4n) is 1.33. The Morgan fingerprint density at radius 3 is 2.08 bits per heavy atom. The summed E-state index contributed by atoms with van der Waals surface area (Å²) in [6.45, 7) is 6.56. The lowest BCUT2D eigenvalue weighted by Gasteiger charge is -2.19. The number of rotatable bonds is 8. The molecule has 80 valence electrons. The van der Waals surface area contributed by atoms with Gasteiger partial charge in [-0.05, 0) is 46.6 Å². The monoisotopic (exact) mass is 188 g/mol. The largest absolute Gasteiger partial charge is 0.395 e. The Morgan fingerprint density at radius 1 is 1.00 bits per heavy atom. The number of unbranched alkanes of at least 4 members (excludes halogenated alkanes) is 1. The molecule has 0 aromatic heterocycles. The van der Waals surface area contributed by atoms with Gasteiger partial charge in [-0.2, -0.15) is 0 Å². The molecule has 0 bridgehead atoms. The van der Waals surface area contributed by atoms with Gasteiger partial charge in [0, 0.05) is 6.54 Å². The molecule has 0 aliphatic carbocycles. The molecule has 0 aliphatic heterocycles. The van der Waals surface area contributed by atoms with E-state index in [2.05, 4.69) is 30.8 Å². The summed E-state index contributed by atoms with van der Waals surface area (Å²) in [4.78, 5) is 4.50. The molecule has 0 aliphatic rings. The number of aliphatic hydroxyl groups is 1. The second-order valence-corrected chi connectivity index (χ2v) is 3.67. The van der Waals surface area contributed by atoms with E-state index in [-0.39, 0.29) is 6.61 Å². The molecule has 1 N–H and O–H groups in total. The van der Waals surface area contributed by atoms with Gasteiger partial charge in [0.25, 0.3) is 0 Å². The molecule has 0 amide bonds. The quantitative estimate of drug-likeness (QED) is 0.566. The lowest BCUT2D eigenvalue weighted by molar-refractivity contribution is 0.198. The van der Waals surface area contributed by atoms with E-state index >= 15 is 0 Å². The molecule has 0 saturated carbocycles. The maximum atomic E-state index is 8.76. The van der Waals surface area contributed by atoms with E-state index < -0.39 is 0 Å². The number of hydrogen-bond acceptors (Lipinski definition) is 3. The van der Waals surface area contributed by atoms with Gasteiger partial charge in [0.2, 0.25) is 0 Å². The van der Waals surface area contributed by atoms with E-state index in [4.69, 9.17) is 5.11 Å². The Kier molecular flexibility index (Phi) is 8.40. The summed E-state index contributed by atoms with van der Waals surface area (Å²) in [5.41, 5.74) is 0.